The lowest BCUT2D eigenvalue weighted by molar-refractivity contribution is -0.155. The lowest BCUT2D eigenvalue weighted by Crippen LogP contribution is -2.59. The van der Waals surface area contributed by atoms with Crippen LogP contribution in [0.15, 0.2) is 30.3 Å². The number of rotatable bonds is 10. The van der Waals surface area contributed by atoms with E-state index in [2.05, 4.69) is 10.6 Å². The van der Waals surface area contributed by atoms with E-state index in [1.807, 2.05) is 30.3 Å². The second-order valence-corrected chi connectivity index (χ2v) is 9.58. The summed E-state index contributed by atoms with van der Waals surface area (Å²) in [6, 6.07) is 7.14. The summed E-state index contributed by atoms with van der Waals surface area (Å²) < 4.78 is 10.6. The largest absolute Gasteiger partial charge is 0.465 e. The summed E-state index contributed by atoms with van der Waals surface area (Å²) in [5.41, 5.74) is 1.08. The normalized spacial score (nSPS) is 22.5. The molecule has 3 amide bonds. The maximum absolute atomic E-state index is 13.8. The van der Waals surface area contributed by atoms with Crippen LogP contribution in [0.2, 0.25) is 0 Å². The third kappa shape index (κ3) is 7.00. The van der Waals surface area contributed by atoms with Gasteiger partial charge in [0, 0.05) is 20.1 Å². The zero-order valence-corrected chi connectivity index (χ0v) is 22.3. The minimum Gasteiger partial charge on any atom is -0.465 e. The molecule has 1 aromatic carbocycles. The van der Waals surface area contributed by atoms with Gasteiger partial charge in [-0.3, -0.25) is 14.9 Å². The Morgan fingerprint density at radius 3 is 2.43 bits per heavy atom. The van der Waals surface area contributed by atoms with E-state index >= 15 is 0 Å². The fourth-order valence-corrected chi connectivity index (χ4v) is 5.37. The summed E-state index contributed by atoms with van der Waals surface area (Å²) in [6.07, 6.45) is 2.29. The zero-order valence-electron chi connectivity index (χ0n) is 22.3. The van der Waals surface area contributed by atoms with Crippen LogP contribution in [0, 0.1) is 5.92 Å². The van der Waals surface area contributed by atoms with Gasteiger partial charge >= 0.3 is 18.0 Å². The first-order valence-corrected chi connectivity index (χ1v) is 13.2. The molecular formula is C27H40N4O6. The Balaban J connectivity index is 1.78. The fraction of sp³-hybridized carbons (Fsp3) is 0.630. The molecule has 0 radical (unpaired) electrons. The molecule has 2 aliphatic rings. The van der Waals surface area contributed by atoms with Gasteiger partial charge in [-0.25, -0.2) is 9.59 Å². The van der Waals surface area contributed by atoms with Crippen molar-refractivity contribution < 1.29 is 28.7 Å². The number of urea groups is 1. The average Bonchev–Trinajstić information content (AvgIpc) is 3.29. The van der Waals surface area contributed by atoms with Crippen molar-refractivity contribution >= 4 is 23.9 Å². The highest BCUT2D eigenvalue weighted by Gasteiger charge is 2.51. The Kier molecular flexibility index (Phi) is 10.3. The fourth-order valence-electron chi connectivity index (χ4n) is 5.37. The summed E-state index contributed by atoms with van der Waals surface area (Å²) in [4.78, 5) is 55.0. The van der Waals surface area contributed by atoms with Gasteiger partial charge in [-0.2, -0.15) is 0 Å². The molecule has 2 saturated heterocycles. The van der Waals surface area contributed by atoms with Crippen molar-refractivity contribution in [2.45, 2.75) is 70.6 Å². The Morgan fingerprint density at radius 2 is 1.78 bits per heavy atom. The van der Waals surface area contributed by atoms with Crippen LogP contribution in [0.4, 0.5) is 4.79 Å². The molecule has 10 heteroatoms. The van der Waals surface area contributed by atoms with E-state index in [9.17, 15) is 19.2 Å². The van der Waals surface area contributed by atoms with Crippen LogP contribution in [-0.4, -0.2) is 91.2 Å². The predicted octanol–water partition coefficient (Wildman–Crippen LogP) is 1.72. The van der Waals surface area contributed by atoms with Crippen LogP contribution in [0.3, 0.4) is 0 Å². The third-order valence-corrected chi connectivity index (χ3v) is 7.21. The number of fused-ring (bicyclic) bond motifs is 1. The third-order valence-electron chi connectivity index (χ3n) is 7.21. The summed E-state index contributed by atoms with van der Waals surface area (Å²) in [6.45, 7) is 6.54. The number of carbonyl (C=O) groups excluding carboxylic acids is 4. The number of likely N-dealkylation sites (tertiary alicyclic amines) is 2. The SMILES string of the molecule is CCOC(=O)[C@H](CCc1ccccc1)N[C@H](C)C(=O)N1[C@@H]2CN(C(=O)NC)CC[C@H]2C[C@H]1C(=O)OCC. The lowest BCUT2D eigenvalue weighted by Gasteiger charge is -2.39. The van der Waals surface area contributed by atoms with E-state index in [4.69, 9.17) is 9.47 Å². The van der Waals surface area contributed by atoms with E-state index in [0.717, 1.165) is 5.56 Å². The van der Waals surface area contributed by atoms with Crippen LogP contribution in [0.25, 0.3) is 0 Å². The van der Waals surface area contributed by atoms with Crippen molar-refractivity contribution in [3.05, 3.63) is 35.9 Å². The minimum atomic E-state index is -0.753. The molecule has 2 N–H and O–H groups in total. The highest BCUT2D eigenvalue weighted by molar-refractivity contribution is 5.89. The van der Waals surface area contributed by atoms with E-state index in [1.54, 1.807) is 37.6 Å². The Labute approximate surface area is 219 Å². The number of carbonyl (C=O) groups is 4. The Bertz CT molecular complexity index is 942. The molecule has 5 atom stereocenters. The number of hydrogen-bond donors (Lipinski definition) is 2. The van der Waals surface area contributed by atoms with Gasteiger partial charge in [0.15, 0.2) is 0 Å². The standard InChI is InChI=1S/C27H40N4O6/c1-5-36-25(33)21(13-12-19-10-8-7-9-11-19)29-18(3)24(32)31-22(26(34)37-6-2)16-20-14-15-30(17-23(20)31)27(35)28-4/h7-11,18,20-23,29H,5-6,12-17H2,1-4H3,(H,28,35)/t18-,20+,21+,22+,23-/m1/s1. The molecule has 2 heterocycles. The second-order valence-electron chi connectivity index (χ2n) is 9.58. The molecule has 0 bridgehead atoms. The number of nitrogens with zero attached hydrogens (tertiary/aromatic N) is 2. The van der Waals surface area contributed by atoms with Crippen molar-refractivity contribution in [1.82, 2.24) is 20.4 Å². The molecule has 37 heavy (non-hydrogen) atoms. The number of esters is 2. The number of ether oxygens (including phenoxy) is 2. The van der Waals surface area contributed by atoms with Gasteiger partial charge in [-0.15, -0.1) is 0 Å². The van der Waals surface area contributed by atoms with Crippen LogP contribution >= 0.6 is 0 Å². The summed E-state index contributed by atoms with van der Waals surface area (Å²) >= 11 is 0. The number of piperidine rings is 1. The van der Waals surface area contributed by atoms with E-state index < -0.39 is 30.1 Å². The van der Waals surface area contributed by atoms with Gasteiger partial charge < -0.3 is 24.6 Å². The molecule has 2 fully saturated rings. The number of amides is 3. The molecule has 1 aromatic rings. The molecule has 2 aliphatic heterocycles. The molecule has 204 valence electrons. The first-order valence-electron chi connectivity index (χ1n) is 13.2. The smallest absolute Gasteiger partial charge is 0.328 e. The minimum absolute atomic E-state index is 0.0883. The van der Waals surface area contributed by atoms with Crippen LogP contribution < -0.4 is 10.6 Å². The van der Waals surface area contributed by atoms with Crippen molar-refractivity contribution in [2.75, 3.05) is 33.4 Å². The summed E-state index contributed by atoms with van der Waals surface area (Å²) in [5, 5.41) is 5.81. The molecule has 10 nitrogen and oxygen atoms in total. The van der Waals surface area contributed by atoms with E-state index in [0.29, 0.717) is 38.8 Å². The van der Waals surface area contributed by atoms with Gasteiger partial charge in [0.2, 0.25) is 5.91 Å². The molecule has 0 spiro atoms. The number of benzene rings is 1. The molecular weight excluding hydrogens is 476 g/mol. The van der Waals surface area contributed by atoms with Crippen LogP contribution in [-0.2, 0) is 30.3 Å². The molecule has 3 rings (SSSR count). The maximum atomic E-state index is 13.8. The predicted molar refractivity (Wildman–Crippen MR) is 138 cm³/mol. The van der Waals surface area contributed by atoms with Gasteiger partial charge in [0.25, 0.3) is 0 Å². The van der Waals surface area contributed by atoms with Crippen molar-refractivity contribution in [3.8, 4) is 0 Å². The molecule has 0 saturated carbocycles. The Hall–Kier alpha value is -3.14. The highest BCUT2D eigenvalue weighted by Crippen LogP contribution is 2.37. The monoisotopic (exact) mass is 516 g/mol. The van der Waals surface area contributed by atoms with Gasteiger partial charge in [-0.1, -0.05) is 30.3 Å². The Morgan fingerprint density at radius 1 is 1.08 bits per heavy atom. The van der Waals surface area contributed by atoms with Crippen molar-refractivity contribution in [2.24, 2.45) is 5.92 Å². The van der Waals surface area contributed by atoms with Gasteiger partial charge in [-0.05, 0) is 57.9 Å². The van der Waals surface area contributed by atoms with Crippen molar-refractivity contribution in [3.63, 3.8) is 0 Å². The molecule has 0 aliphatic carbocycles. The molecule has 0 unspecified atom stereocenters. The van der Waals surface area contributed by atoms with Gasteiger partial charge in [0.05, 0.1) is 25.3 Å². The maximum Gasteiger partial charge on any atom is 0.328 e. The van der Waals surface area contributed by atoms with E-state index in [-0.39, 0.29) is 37.1 Å². The van der Waals surface area contributed by atoms with Gasteiger partial charge in [0.1, 0.15) is 12.1 Å². The zero-order chi connectivity index (χ0) is 26.9. The topological polar surface area (TPSA) is 117 Å². The molecule has 0 aromatic heterocycles. The quantitative estimate of drug-likeness (QED) is 0.455. The van der Waals surface area contributed by atoms with Crippen LogP contribution in [0.1, 0.15) is 45.6 Å². The first kappa shape index (κ1) is 28.4. The second kappa shape index (κ2) is 13.4. The summed E-state index contributed by atoms with van der Waals surface area (Å²) in [7, 11) is 1.57. The van der Waals surface area contributed by atoms with Crippen molar-refractivity contribution in [1.29, 1.82) is 0 Å². The number of nitrogens with one attached hydrogen (secondary N) is 2. The lowest BCUT2D eigenvalue weighted by atomic mass is 9.91. The average molecular weight is 517 g/mol. The van der Waals surface area contributed by atoms with Crippen LogP contribution in [0.5, 0.6) is 0 Å². The highest BCUT2D eigenvalue weighted by atomic mass is 16.5. The summed E-state index contributed by atoms with van der Waals surface area (Å²) in [5.74, 6) is -1.05. The number of hydrogen-bond acceptors (Lipinski definition) is 7. The first-order chi connectivity index (χ1) is 17.8. The van der Waals surface area contributed by atoms with E-state index in [1.165, 1.54) is 0 Å². The number of aryl methyl sites for hydroxylation is 1.